The second-order valence-corrected chi connectivity index (χ2v) is 4.68. The van der Waals surface area contributed by atoms with Gasteiger partial charge >= 0.3 is 12.6 Å². The number of halogens is 3. The molecule has 0 radical (unpaired) electrons. The molecule has 0 aliphatic carbocycles. The molecular formula is C14H13F3N2O3. The summed E-state index contributed by atoms with van der Waals surface area (Å²) < 4.78 is 43.3. The minimum absolute atomic E-state index is 0.101. The third kappa shape index (κ3) is 3.78. The van der Waals surface area contributed by atoms with Gasteiger partial charge in [0.15, 0.2) is 11.6 Å². The van der Waals surface area contributed by atoms with Gasteiger partial charge in [-0.1, -0.05) is 6.07 Å². The van der Waals surface area contributed by atoms with Crippen LogP contribution in [0.1, 0.15) is 19.4 Å². The van der Waals surface area contributed by atoms with Crippen molar-refractivity contribution in [2.75, 3.05) is 0 Å². The summed E-state index contributed by atoms with van der Waals surface area (Å²) in [4.78, 5) is 10.7. The molecule has 0 spiro atoms. The normalized spacial score (nSPS) is 12.4. The highest BCUT2D eigenvalue weighted by molar-refractivity contribution is 5.67. The molecule has 0 amide bonds. The first kappa shape index (κ1) is 15.9. The molecule has 0 saturated carbocycles. The van der Waals surface area contributed by atoms with Crippen molar-refractivity contribution in [3.63, 3.8) is 0 Å². The molecule has 1 aromatic carbocycles. The number of carbonyl (C=O) groups is 1. The molecule has 0 aliphatic rings. The molecule has 1 N–H and O–H groups in total. The zero-order valence-corrected chi connectivity index (χ0v) is 11.5. The van der Waals surface area contributed by atoms with Crippen LogP contribution in [0.4, 0.5) is 13.2 Å². The van der Waals surface area contributed by atoms with Crippen molar-refractivity contribution >= 4 is 5.97 Å². The van der Waals surface area contributed by atoms with Crippen molar-refractivity contribution in [3.8, 4) is 16.9 Å². The van der Waals surface area contributed by atoms with Crippen LogP contribution in [0.3, 0.4) is 0 Å². The molecule has 2 aromatic rings. The second-order valence-electron chi connectivity index (χ2n) is 4.68. The van der Waals surface area contributed by atoms with Gasteiger partial charge in [-0.2, -0.15) is 13.9 Å². The van der Waals surface area contributed by atoms with Crippen LogP contribution < -0.4 is 4.74 Å². The molecule has 1 aromatic heterocycles. The Balaban J connectivity index is 2.20. The Bertz CT molecular complexity index is 673. The molecule has 1 heterocycles. The molecule has 0 aliphatic heterocycles. The van der Waals surface area contributed by atoms with E-state index in [1.807, 2.05) is 0 Å². The van der Waals surface area contributed by atoms with E-state index in [0.717, 1.165) is 12.1 Å². The Hall–Kier alpha value is -2.51. The van der Waals surface area contributed by atoms with Gasteiger partial charge in [-0.05, 0) is 24.6 Å². The fourth-order valence-corrected chi connectivity index (χ4v) is 1.95. The van der Waals surface area contributed by atoms with E-state index in [4.69, 9.17) is 5.11 Å². The van der Waals surface area contributed by atoms with Gasteiger partial charge in [0.2, 0.25) is 0 Å². The minimum Gasteiger partial charge on any atom is -0.481 e. The lowest BCUT2D eigenvalue weighted by molar-refractivity contribution is -0.137. The number of alkyl halides is 2. The highest BCUT2D eigenvalue weighted by atomic mass is 19.3. The Kier molecular flexibility index (Phi) is 4.69. The number of aromatic nitrogens is 2. The first-order valence-electron chi connectivity index (χ1n) is 6.37. The van der Waals surface area contributed by atoms with Crippen LogP contribution in [-0.4, -0.2) is 27.5 Å². The van der Waals surface area contributed by atoms with E-state index < -0.39 is 24.1 Å². The number of benzene rings is 1. The molecule has 1 unspecified atom stereocenters. The number of hydrogen-bond acceptors (Lipinski definition) is 3. The Morgan fingerprint density at radius 1 is 1.41 bits per heavy atom. The van der Waals surface area contributed by atoms with E-state index in [9.17, 15) is 18.0 Å². The molecule has 22 heavy (non-hydrogen) atoms. The van der Waals surface area contributed by atoms with Gasteiger partial charge in [0.25, 0.3) is 0 Å². The quantitative estimate of drug-likeness (QED) is 0.888. The van der Waals surface area contributed by atoms with E-state index in [1.54, 1.807) is 13.1 Å². The fraction of sp³-hybridized carbons (Fsp3) is 0.286. The molecule has 5 nitrogen and oxygen atoms in total. The molecule has 0 fully saturated rings. The fourth-order valence-electron chi connectivity index (χ4n) is 1.95. The Labute approximate surface area is 123 Å². The summed E-state index contributed by atoms with van der Waals surface area (Å²) in [5.74, 6) is -2.40. The number of aliphatic carboxylic acids is 1. The summed E-state index contributed by atoms with van der Waals surface area (Å²) >= 11 is 0. The molecule has 1 atom stereocenters. The summed E-state index contributed by atoms with van der Waals surface area (Å²) in [5.41, 5.74) is 0.965. The van der Waals surface area contributed by atoms with E-state index in [-0.39, 0.29) is 12.5 Å². The summed E-state index contributed by atoms with van der Waals surface area (Å²) in [7, 11) is 0. The average Bonchev–Trinajstić information content (AvgIpc) is 2.89. The first-order valence-corrected chi connectivity index (χ1v) is 6.37. The topological polar surface area (TPSA) is 64.3 Å². The monoisotopic (exact) mass is 314 g/mol. The highest BCUT2D eigenvalue weighted by Gasteiger charge is 2.14. The Morgan fingerprint density at radius 3 is 2.73 bits per heavy atom. The van der Waals surface area contributed by atoms with E-state index >= 15 is 0 Å². The number of rotatable bonds is 6. The predicted octanol–water partition coefficient (Wildman–Crippen LogP) is 3.33. The first-order chi connectivity index (χ1) is 10.4. The minimum atomic E-state index is -3.10. The molecular weight excluding hydrogens is 301 g/mol. The van der Waals surface area contributed by atoms with Gasteiger partial charge in [0.05, 0.1) is 18.7 Å². The number of carboxylic acid groups (broad SMARTS) is 1. The third-order valence-corrected chi connectivity index (χ3v) is 3.00. The van der Waals surface area contributed by atoms with Crippen LogP contribution in [0.2, 0.25) is 0 Å². The average molecular weight is 314 g/mol. The number of hydrogen-bond donors (Lipinski definition) is 1. The van der Waals surface area contributed by atoms with Gasteiger partial charge in [0, 0.05) is 11.8 Å². The van der Waals surface area contributed by atoms with Crippen LogP contribution in [0, 0.1) is 5.82 Å². The van der Waals surface area contributed by atoms with E-state index in [2.05, 4.69) is 9.84 Å². The largest absolute Gasteiger partial charge is 0.481 e. The molecule has 0 saturated heterocycles. The van der Waals surface area contributed by atoms with Crippen LogP contribution >= 0.6 is 0 Å². The molecule has 8 heteroatoms. The van der Waals surface area contributed by atoms with Crippen LogP contribution in [0.15, 0.2) is 30.6 Å². The summed E-state index contributed by atoms with van der Waals surface area (Å²) in [6, 6.07) is 3.22. The maximum Gasteiger partial charge on any atom is 0.387 e. The van der Waals surface area contributed by atoms with E-state index in [1.165, 1.54) is 16.9 Å². The standard InChI is InChI=1S/C14H13F3N2O3/c1-8(4-13(20)21)19-7-10(6-18-19)9-2-3-12(11(15)5-9)22-14(16)17/h2-3,5-8,14H,4H2,1H3,(H,20,21). The highest BCUT2D eigenvalue weighted by Crippen LogP contribution is 2.27. The van der Waals surface area contributed by atoms with E-state index in [0.29, 0.717) is 11.1 Å². The van der Waals surface area contributed by atoms with Gasteiger partial charge in [-0.25, -0.2) is 4.39 Å². The van der Waals surface area contributed by atoms with Crippen LogP contribution in [-0.2, 0) is 4.79 Å². The second kappa shape index (κ2) is 6.50. The SMILES string of the molecule is CC(CC(=O)O)n1cc(-c2ccc(OC(F)F)c(F)c2)cn1. The van der Waals surface area contributed by atoms with Gasteiger partial charge in [0.1, 0.15) is 0 Å². The number of carboxylic acids is 1. The van der Waals surface area contributed by atoms with Crippen molar-refractivity contribution < 1.29 is 27.8 Å². The zero-order chi connectivity index (χ0) is 16.3. The number of ether oxygens (including phenoxy) is 1. The summed E-state index contributed by atoms with van der Waals surface area (Å²) in [6.45, 7) is -1.41. The molecule has 118 valence electrons. The maximum absolute atomic E-state index is 13.7. The predicted molar refractivity (Wildman–Crippen MR) is 71.2 cm³/mol. The Morgan fingerprint density at radius 2 is 2.14 bits per heavy atom. The summed E-state index contributed by atoms with van der Waals surface area (Å²) in [5, 5.41) is 12.8. The van der Waals surface area contributed by atoms with Crippen molar-refractivity contribution in [3.05, 3.63) is 36.4 Å². The van der Waals surface area contributed by atoms with Crippen molar-refractivity contribution in [1.82, 2.24) is 9.78 Å². The van der Waals surface area contributed by atoms with Gasteiger partial charge in [-0.3, -0.25) is 9.48 Å². The van der Waals surface area contributed by atoms with Crippen molar-refractivity contribution in [2.45, 2.75) is 26.0 Å². The lowest BCUT2D eigenvalue weighted by Crippen LogP contribution is -2.10. The lowest BCUT2D eigenvalue weighted by atomic mass is 10.1. The number of nitrogens with zero attached hydrogens (tertiary/aromatic N) is 2. The summed E-state index contributed by atoms with van der Waals surface area (Å²) in [6.07, 6.45) is 2.91. The van der Waals surface area contributed by atoms with Gasteiger partial charge < -0.3 is 9.84 Å². The van der Waals surface area contributed by atoms with Crippen molar-refractivity contribution in [1.29, 1.82) is 0 Å². The molecule has 2 rings (SSSR count). The molecule has 0 bridgehead atoms. The van der Waals surface area contributed by atoms with Gasteiger partial charge in [-0.15, -0.1) is 0 Å². The third-order valence-electron chi connectivity index (χ3n) is 3.00. The smallest absolute Gasteiger partial charge is 0.387 e. The van der Waals surface area contributed by atoms with Crippen LogP contribution in [0.25, 0.3) is 11.1 Å². The lowest BCUT2D eigenvalue weighted by Gasteiger charge is -2.08. The maximum atomic E-state index is 13.7. The van der Waals surface area contributed by atoms with Crippen LogP contribution in [0.5, 0.6) is 5.75 Å². The van der Waals surface area contributed by atoms with Crippen molar-refractivity contribution in [2.24, 2.45) is 0 Å². The zero-order valence-electron chi connectivity index (χ0n) is 11.5.